The van der Waals surface area contributed by atoms with E-state index < -0.39 is 10.0 Å². The Hall–Kier alpha value is -2.47. The highest BCUT2D eigenvalue weighted by Gasteiger charge is 2.22. The van der Waals surface area contributed by atoms with Gasteiger partial charge in [-0.1, -0.05) is 12.1 Å². The Labute approximate surface area is 204 Å². The largest absolute Gasteiger partial charge is 0.490 e. The van der Waals surface area contributed by atoms with Crippen molar-refractivity contribution in [2.75, 3.05) is 26.9 Å². The van der Waals surface area contributed by atoms with Crippen LogP contribution in [-0.4, -0.2) is 52.3 Å². The number of rotatable bonds is 12. The van der Waals surface area contributed by atoms with Crippen molar-refractivity contribution in [1.29, 1.82) is 0 Å². The molecule has 33 heavy (non-hydrogen) atoms. The van der Waals surface area contributed by atoms with E-state index in [0.29, 0.717) is 19.6 Å². The van der Waals surface area contributed by atoms with Crippen molar-refractivity contribution >= 4 is 50.7 Å². The zero-order valence-corrected chi connectivity index (χ0v) is 21.2. The van der Waals surface area contributed by atoms with Gasteiger partial charge < -0.3 is 20.1 Å². The fourth-order valence-electron chi connectivity index (χ4n) is 2.67. The molecule has 0 unspecified atom stereocenters. The van der Waals surface area contributed by atoms with E-state index in [9.17, 15) is 13.2 Å². The van der Waals surface area contributed by atoms with Gasteiger partial charge in [0, 0.05) is 30.6 Å². The van der Waals surface area contributed by atoms with Crippen LogP contribution in [0.3, 0.4) is 0 Å². The van der Waals surface area contributed by atoms with E-state index in [1.165, 1.54) is 19.3 Å². The molecule has 8 nitrogen and oxygen atoms in total. The number of thiophene rings is 1. The molecule has 0 bridgehead atoms. The lowest BCUT2D eigenvalue weighted by Gasteiger charge is -2.17. The van der Waals surface area contributed by atoms with Crippen molar-refractivity contribution in [3.8, 4) is 5.75 Å². The quantitative estimate of drug-likeness (QED) is 0.229. The lowest BCUT2D eigenvalue weighted by molar-refractivity contribution is -0.116. The van der Waals surface area contributed by atoms with E-state index in [1.54, 1.807) is 29.5 Å². The van der Waals surface area contributed by atoms with E-state index >= 15 is 0 Å². The number of carbonyl (C=O) groups is 1. The van der Waals surface area contributed by atoms with Crippen LogP contribution in [0.2, 0.25) is 0 Å². The predicted octanol–water partition coefficient (Wildman–Crippen LogP) is 2.71. The van der Waals surface area contributed by atoms with Crippen LogP contribution < -0.4 is 20.1 Å². The van der Waals surface area contributed by atoms with Crippen LogP contribution in [0.4, 0.5) is 0 Å². The number of hydrogen-bond acceptors (Lipinski definition) is 7. The Kier molecular flexibility index (Phi) is 10.8. The predicted molar refractivity (Wildman–Crippen MR) is 135 cm³/mol. The molecule has 0 radical (unpaired) electrons. The van der Waals surface area contributed by atoms with E-state index in [2.05, 4.69) is 15.4 Å². The Morgan fingerprint density at radius 2 is 2.03 bits per heavy atom. The molecule has 0 aliphatic heterocycles. The third-order valence-corrected chi connectivity index (χ3v) is 6.70. The van der Waals surface area contributed by atoms with Gasteiger partial charge >= 0.3 is 0 Å². The zero-order valence-electron chi connectivity index (χ0n) is 18.8. The zero-order chi connectivity index (χ0) is 24.3. The fourth-order valence-corrected chi connectivity index (χ4v) is 4.97. The molecule has 11 heteroatoms. The molecule has 2 rings (SSSR count). The Bertz CT molecular complexity index is 1050. The molecule has 3 N–H and O–H groups in total. The normalized spacial score (nSPS) is 11.5. The van der Waals surface area contributed by atoms with Gasteiger partial charge in [-0.2, -0.15) is 0 Å². The second kappa shape index (κ2) is 13.3. The highest BCUT2D eigenvalue weighted by molar-refractivity contribution is 7.92. The summed E-state index contributed by atoms with van der Waals surface area (Å²) in [4.78, 5) is 13.0. The first kappa shape index (κ1) is 26.8. The second-order valence-electron chi connectivity index (χ2n) is 7.25. The monoisotopic (exact) mass is 511 g/mol. The van der Waals surface area contributed by atoms with Crippen LogP contribution in [0.15, 0.2) is 46.7 Å². The van der Waals surface area contributed by atoms with Crippen LogP contribution >= 0.6 is 23.6 Å². The van der Waals surface area contributed by atoms with Crippen molar-refractivity contribution in [2.45, 2.75) is 31.2 Å². The molecule has 0 atom stereocenters. The molecule has 2 aromatic rings. The molecule has 0 saturated carbocycles. The Balaban J connectivity index is 2.09. The highest BCUT2D eigenvalue weighted by Crippen LogP contribution is 2.25. The van der Waals surface area contributed by atoms with Gasteiger partial charge in [0.2, 0.25) is 5.91 Å². The van der Waals surface area contributed by atoms with Gasteiger partial charge in [0.05, 0.1) is 6.61 Å². The highest BCUT2D eigenvalue weighted by atomic mass is 32.2. The lowest BCUT2D eigenvalue weighted by Crippen LogP contribution is -2.42. The molecule has 1 amide bonds. The number of benzene rings is 1. The summed E-state index contributed by atoms with van der Waals surface area (Å²) in [6, 6.07) is 8.69. The van der Waals surface area contributed by atoms with Crippen LogP contribution in [0.1, 0.15) is 24.3 Å². The molecular formula is C22H29N3O5S3. The maximum Gasteiger partial charge on any atom is 0.267 e. The number of hydrogen-bond donors (Lipinski definition) is 3. The summed E-state index contributed by atoms with van der Waals surface area (Å²) in [6.07, 6.45) is 3.66. The van der Waals surface area contributed by atoms with Gasteiger partial charge in [-0.25, -0.2) is 8.42 Å². The molecular weight excluding hydrogens is 482 g/mol. The number of carbonyl (C=O) groups excluding carboxylic acids is 1. The summed E-state index contributed by atoms with van der Waals surface area (Å²) < 4.78 is 38.9. The van der Waals surface area contributed by atoms with Crippen molar-refractivity contribution < 1.29 is 22.7 Å². The number of amides is 1. The molecule has 1 aromatic heterocycles. The molecule has 0 spiro atoms. The van der Waals surface area contributed by atoms with Crippen LogP contribution in [0.5, 0.6) is 5.75 Å². The van der Waals surface area contributed by atoms with E-state index in [0.717, 1.165) is 10.4 Å². The van der Waals surface area contributed by atoms with Gasteiger partial charge in [-0.05, 0) is 67.7 Å². The summed E-state index contributed by atoms with van der Waals surface area (Å²) in [5.41, 5.74) is 0.722. The van der Waals surface area contributed by atoms with Crippen molar-refractivity contribution in [1.82, 2.24) is 15.4 Å². The molecule has 1 aromatic carbocycles. The van der Waals surface area contributed by atoms with Crippen molar-refractivity contribution in [3.05, 3.63) is 52.2 Å². The average Bonchev–Trinajstić information content (AvgIpc) is 3.26. The number of methoxy groups -OCH3 is 1. The van der Waals surface area contributed by atoms with Gasteiger partial charge in [0.15, 0.2) is 5.11 Å². The number of sulfonamides is 1. The molecule has 0 saturated heterocycles. The van der Waals surface area contributed by atoms with E-state index in [4.69, 9.17) is 21.7 Å². The maximum absolute atomic E-state index is 13.0. The van der Waals surface area contributed by atoms with Crippen molar-refractivity contribution in [3.63, 3.8) is 0 Å². The molecule has 0 aliphatic carbocycles. The average molecular weight is 512 g/mol. The number of thiocarbonyl (C=S) groups is 1. The number of ether oxygens (including phenoxy) is 2. The van der Waals surface area contributed by atoms with Crippen molar-refractivity contribution in [2.24, 2.45) is 0 Å². The van der Waals surface area contributed by atoms with Gasteiger partial charge in [-0.15, -0.1) is 11.3 Å². The minimum absolute atomic E-state index is 0.00281. The van der Waals surface area contributed by atoms with E-state index in [1.807, 2.05) is 31.4 Å². The SMILES string of the molecule is COCCOc1ccc(CCNC(=O)/C=C/c2cccs2)cc1S(=O)(=O)NC(=S)NC(C)C. The summed E-state index contributed by atoms with van der Waals surface area (Å²) in [7, 11) is -2.45. The minimum Gasteiger partial charge on any atom is -0.490 e. The van der Waals surface area contributed by atoms with Gasteiger partial charge in [-0.3, -0.25) is 9.52 Å². The molecule has 0 aliphatic rings. The first-order valence-corrected chi connectivity index (χ1v) is 13.1. The summed E-state index contributed by atoms with van der Waals surface area (Å²) in [5.74, 6) is -0.0268. The first-order chi connectivity index (χ1) is 15.7. The number of nitrogens with one attached hydrogen (secondary N) is 3. The molecule has 1 heterocycles. The Morgan fingerprint density at radius 1 is 1.24 bits per heavy atom. The third-order valence-electron chi connectivity index (χ3n) is 4.14. The molecule has 0 fully saturated rings. The minimum atomic E-state index is -3.99. The fraction of sp³-hybridized carbons (Fsp3) is 0.364. The summed E-state index contributed by atoms with van der Waals surface area (Å²) in [6.45, 7) is 4.55. The lowest BCUT2D eigenvalue weighted by atomic mass is 10.1. The second-order valence-corrected chi connectivity index (χ2v) is 10.3. The summed E-state index contributed by atoms with van der Waals surface area (Å²) >= 11 is 6.64. The van der Waals surface area contributed by atoms with Crippen LogP contribution in [0, 0.1) is 0 Å². The first-order valence-electron chi connectivity index (χ1n) is 10.3. The standard InChI is InChI=1S/C22H29N3O5S3/c1-16(2)24-22(31)25-33(27,28)20-15-17(6-8-19(20)30-13-12-29-3)10-11-23-21(26)9-7-18-5-4-14-32-18/h4-9,14-16H,10-13H2,1-3H3,(H,23,26)(H2,24,25,31)/b9-7+. The third kappa shape index (κ3) is 9.50. The smallest absolute Gasteiger partial charge is 0.267 e. The Morgan fingerprint density at radius 3 is 2.70 bits per heavy atom. The maximum atomic E-state index is 13.0. The molecule has 180 valence electrons. The van der Waals surface area contributed by atoms with Gasteiger partial charge in [0.1, 0.15) is 17.3 Å². The summed E-state index contributed by atoms with van der Waals surface area (Å²) in [5, 5.41) is 7.59. The van der Waals surface area contributed by atoms with E-state index in [-0.39, 0.29) is 34.3 Å². The topological polar surface area (TPSA) is 106 Å². The van der Waals surface area contributed by atoms with Crippen LogP contribution in [0.25, 0.3) is 6.08 Å². The van der Waals surface area contributed by atoms with Gasteiger partial charge in [0.25, 0.3) is 10.0 Å². The van der Waals surface area contributed by atoms with Crippen LogP contribution in [-0.2, 0) is 26.0 Å².